The van der Waals surface area contributed by atoms with Crippen molar-refractivity contribution in [1.29, 1.82) is 0 Å². The highest BCUT2D eigenvalue weighted by Crippen LogP contribution is 2.20. The van der Waals surface area contributed by atoms with Gasteiger partial charge < -0.3 is 25.7 Å². The minimum absolute atomic E-state index is 0.138. The Labute approximate surface area is 157 Å². The molecule has 3 rings (SSSR count). The zero-order valence-corrected chi connectivity index (χ0v) is 15.2. The highest BCUT2D eigenvalue weighted by atomic mass is 19.1. The molecule has 144 valence electrons. The second-order valence-corrected chi connectivity index (χ2v) is 6.44. The van der Waals surface area contributed by atoms with E-state index in [0.717, 1.165) is 31.6 Å². The topological polar surface area (TPSA) is 95.9 Å². The molecule has 0 bridgehead atoms. The maximum atomic E-state index is 13.4. The van der Waals surface area contributed by atoms with E-state index in [9.17, 15) is 9.18 Å². The summed E-state index contributed by atoms with van der Waals surface area (Å²) < 4.78 is 18.7. The first kappa shape index (κ1) is 18.8. The lowest BCUT2D eigenvalue weighted by Gasteiger charge is -2.34. The average molecular weight is 373 g/mol. The van der Waals surface area contributed by atoms with Crippen LogP contribution in [0.3, 0.4) is 0 Å². The molecule has 2 aromatic rings. The number of hydrogen-bond donors (Lipinski definition) is 3. The molecule has 4 N–H and O–H groups in total. The lowest BCUT2D eigenvalue weighted by Crippen LogP contribution is -2.48. The zero-order valence-electron chi connectivity index (χ0n) is 15.2. The molecule has 1 fully saturated rings. The van der Waals surface area contributed by atoms with E-state index < -0.39 is 5.91 Å². The third-order valence-electron chi connectivity index (χ3n) is 4.57. The van der Waals surface area contributed by atoms with E-state index in [4.69, 9.17) is 10.2 Å². The largest absolute Gasteiger partial charge is 0.454 e. The van der Waals surface area contributed by atoms with Crippen LogP contribution in [0, 0.1) is 5.82 Å². The van der Waals surface area contributed by atoms with Crippen molar-refractivity contribution >= 4 is 17.6 Å². The maximum absolute atomic E-state index is 13.4. The fourth-order valence-corrected chi connectivity index (χ4v) is 3.12. The van der Waals surface area contributed by atoms with Crippen molar-refractivity contribution < 1.29 is 13.6 Å². The molecule has 0 spiro atoms. The molecule has 2 heterocycles. The number of rotatable bonds is 5. The minimum atomic E-state index is -0.589. The van der Waals surface area contributed by atoms with E-state index >= 15 is 0 Å². The molecule has 0 aliphatic carbocycles. The molecule has 0 radical (unpaired) electrons. The third kappa shape index (κ3) is 4.99. The molecule has 8 heteroatoms. The lowest BCUT2D eigenvalue weighted by atomic mass is 10.0. The Morgan fingerprint density at radius 1 is 1.33 bits per heavy atom. The average Bonchev–Trinajstić information content (AvgIpc) is 3.15. The normalized spacial score (nSPS) is 15.6. The molecule has 1 aliphatic heterocycles. The Morgan fingerprint density at radius 2 is 2.11 bits per heavy atom. The minimum Gasteiger partial charge on any atom is -0.454 e. The maximum Gasteiger partial charge on any atom is 0.284 e. The standard InChI is InChI=1S/C19H24FN5O2/c1-22-19(23-12-16-5-6-17(27-16)18(21)26)24-14-7-9-25(10-8-14)15-4-2-3-13(20)11-15/h2-6,11,14H,7-10,12H2,1H3,(H2,21,26)(H2,22,23,24). The molecule has 1 amide bonds. The summed E-state index contributed by atoms with van der Waals surface area (Å²) >= 11 is 0. The second-order valence-electron chi connectivity index (χ2n) is 6.44. The number of hydrogen-bond acceptors (Lipinski definition) is 4. The number of piperidine rings is 1. The summed E-state index contributed by atoms with van der Waals surface area (Å²) in [5.74, 6) is 0.604. The quantitative estimate of drug-likeness (QED) is 0.549. The first-order chi connectivity index (χ1) is 13.0. The number of anilines is 1. The number of primary amides is 1. The van der Waals surface area contributed by atoms with E-state index in [1.54, 1.807) is 31.3 Å². The number of carbonyl (C=O) groups excluding carboxylic acids is 1. The van der Waals surface area contributed by atoms with Crippen LogP contribution in [0.15, 0.2) is 45.8 Å². The molecule has 1 aromatic heterocycles. The van der Waals surface area contributed by atoms with Crippen molar-refractivity contribution in [2.75, 3.05) is 25.0 Å². The van der Waals surface area contributed by atoms with Crippen LogP contribution in [0.4, 0.5) is 10.1 Å². The highest BCUT2D eigenvalue weighted by Gasteiger charge is 2.20. The van der Waals surface area contributed by atoms with E-state index in [2.05, 4.69) is 20.5 Å². The number of nitrogens with one attached hydrogen (secondary N) is 2. The summed E-state index contributed by atoms with van der Waals surface area (Å²) in [6.07, 6.45) is 1.84. The summed E-state index contributed by atoms with van der Waals surface area (Å²) in [5, 5.41) is 6.56. The molecule has 7 nitrogen and oxygen atoms in total. The number of aliphatic imine (C=N–C) groups is 1. The van der Waals surface area contributed by atoms with Crippen LogP contribution < -0.4 is 21.3 Å². The molecule has 0 unspecified atom stereocenters. The predicted octanol–water partition coefficient (Wildman–Crippen LogP) is 1.85. The van der Waals surface area contributed by atoms with E-state index in [-0.39, 0.29) is 17.6 Å². The van der Waals surface area contributed by atoms with Crippen LogP contribution in [0.5, 0.6) is 0 Å². The van der Waals surface area contributed by atoms with Crippen LogP contribution in [0.1, 0.15) is 29.2 Å². The van der Waals surface area contributed by atoms with Crippen molar-refractivity contribution in [2.45, 2.75) is 25.4 Å². The monoisotopic (exact) mass is 373 g/mol. The number of nitrogens with two attached hydrogens (primary N) is 1. The van der Waals surface area contributed by atoms with Gasteiger partial charge in [-0.1, -0.05) is 6.07 Å². The molecule has 1 aliphatic rings. The van der Waals surface area contributed by atoms with Gasteiger partial charge in [-0.25, -0.2) is 4.39 Å². The van der Waals surface area contributed by atoms with Gasteiger partial charge in [-0.2, -0.15) is 0 Å². The first-order valence-electron chi connectivity index (χ1n) is 8.91. The van der Waals surface area contributed by atoms with Gasteiger partial charge in [-0.3, -0.25) is 9.79 Å². The molecular weight excluding hydrogens is 349 g/mol. The lowest BCUT2D eigenvalue weighted by molar-refractivity contribution is 0.0972. The summed E-state index contributed by atoms with van der Waals surface area (Å²) in [5.41, 5.74) is 6.10. The number of benzene rings is 1. The number of guanidine groups is 1. The smallest absolute Gasteiger partial charge is 0.284 e. The van der Waals surface area contributed by atoms with Crippen molar-refractivity contribution in [1.82, 2.24) is 10.6 Å². The first-order valence-corrected chi connectivity index (χ1v) is 8.91. The Bertz CT molecular complexity index is 812. The van der Waals surface area contributed by atoms with Crippen LogP contribution in [0.25, 0.3) is 0 Å². The molecule has 0 saturated carbocycles. The van der Waals surface area contributed by atoms with Gasteiger partial charge in [0.05, 0.1) is 6.54 Å². The van der Waals surface area contributed by atoms with Gasteiger partial charge in [0.25, 0.3) is 5.91 Å². The molecule has 1 saturated heterocycles. The van der Waals surface area contributed by atoms with Crippen molar-refractivity contribution in [3.05, 3.63) is 53.7 Å². The van der Waals surface area contributed by atoms with Gasteiger partial charge in [0.15, 0.2) is 11.7 Å². The molecule has 27 heavy (non-hydrogen) atoms. The number of carbonyl (C=O) groups is 1. The van der Waals surface area contributed by atoms with E-state index in [1.165, 1.54) is 6.07 Å². The van der Waals surface area contributed by atoms with Gasteiger partial charge in [0, 0.05) is 31.9 Å². The van der Waals surface area contributed by atoms with Crippen molar-refractivity contribution in [3.63, 3.8) is 0 Å². The van der Waals surface area contributed by atoms with Gasteiger partial charge >= 0.3 is 0 Å². The summed E-state index contributed by atoms with van der Waals surface area (Å²) in [4.78, 5) is 17.5. The number of furan rings is 1. The zero-order chi connectivity index (χ0) is 19.2. The summed E-state index contributed by atoms with van der Waals surface area (Å²) in [6, 6.07) is 10.2. The van der Waals surface area contributed by atoms with Crippen LogP contribution in [-0.4, -0.2) is 38.0 Å². The van der Waals surface area contributed by atoms with Crippen LogP contribution in [-0.2, 0) is 6.54 Å². The van der Waals surface area contributed by atoms with Gasteiger partial charge in [0.1, 0.15) is 11.6 Å². The summed E-state index contributed by atoms with van der Waals surface area (Å²) in [7, 11) is 1.70. The third-order valence-corrected chi connectivity index (χ3v) is 4.57. The Balaban J connectivity index is 1.47. The Hall–Kier alpha value is -3.03. The SMILES string of the molecule is CN=C(NCc1ccc(C(N)=O)o1)NC1CCN(c2cccc(F)c2)CC1. The van der Waals surface area contributed by atoms with Crippen LogP contribution >= 0.6 is 0 Å². The fraction of sp³-hybridized carbons (Fsp3) is 0.368. The van der Waals surface area contributed by atoms with Gasteiger partial charge in [-0.05, 0) is 43.2 Å². The van der Waals surface area contributed by atoms with Gasteiger partial charge in [-0.15, -0.1) is 0 Å². The molecule has 0 atom stereocenters. The Morgan fingerprint density at radius 3 is 2.74 bits per heavy atom. The van der Waals surface area contributed by atoms with Gasteiger partial charge in [0.2, 0.25) is 0 Å². The highest BCUT2D eigenvalue weighted by molar-refractivity contribution is 5.89. The summed E-state index contributed by atoms with van der Waals surface area (Å²) in [6.45, 7) is 2.09. The number of amides is 1. The fourth-order valence-electron chi connectivity index (χ4n) is 3.12. The van der Waals surface area contributed by atoms with Crippen molar-refractivity contribution in [2.24, 2.45) is 10.7 Å². The van der Waals surface area contributed by atoms with E-state index in [0.29, 0.717) is 18.3 Å². The van der Waals surface area contributed by atoms with E-state index in [1.807, 2.05) is 6.07 Å². The molecule has 1 aromatic carbocycles. The van der Waals surface area contributed by atoms with Crippen LogP contribution in [0.2, 0.25) is 0 Å². The number of nitrogens with zero attached hydrogens (tertiary/aromatic N) is 2. The second kappa shape index (κ2) is 8.57. The molecular formula is C19H24FN5O2. The van der Waals surface area contributed by atoms with Crippen molar-refractivity contribution in [3.8, 4) is 0 Å². The number of halogens is 1. The predicted molar refractivity (Wildman–Crippen MR) is 102 cm³/mol. The Kier molecular flexibility index (Phi) is 5.95.